The van der Waals surface area contributed by atoms with Crippen LogP contribution in [0.25, 0.3) is 0 Å². The lowest BCUT2D eigenvalue weighted by Gasteiger charge is -2.31. The van der Waals surface area contributed by atoms with Crippen molar-refractivity contribution >= 4 is 98.8 Å². The van der Waals surface area contributed by atoms with Crippen molar-refractivity contribution in [2.24, 2.45) is 0 Å². The molecule has 14 unspecified atom stereocenters. The van der Waals surface area contributed by atoms with Gasteiger partial charge in [0.1, 0.15) is 35.4 Å². The van der Waals surface area contributed by atoms with Crippen LogP contribution in [0.3, 0.4) is 0 Å². The molecule has 0 spiro atoms. The average molecular weight is 700 g/mol. The van der Waals surface area contributed by atoms with E-state index < -0.39 is 85.8 Å². The van der Waals surface area contributed by atoms with Crippen LogP contribution in [0.5, 0.6) is 0 Å². The van der Waals surface area contributed by atoms with Gasteiger partial charge in [0.2, 0.25) is 0 Å². The van der Waals surface area contributed by atoms with Crippen molar-refractivity contribution in [3.05, 3.63) is 0 Å². The Morgan fingerprint density at radius 2 is 0.919 bits per heavy atom. The molecule has 0 aromatic carbocycles. The predicted octanol–water partition coefficient (Wildman–Crippen LogP) is 2.00. The number of carboxylic acids is 1. The molecule has 37 heavy (non-hydrogen) atoms. The summed E-state index contributed by atoms with van der Waals surface area (Å²) in [4.78, 5) is 10.9. The Morgan fingerprint density at radius 3 is 1.35 bits per heavy atom. The van der Waals surface area contributed by atoms with E-state index in [9.17, 15) is 40.5 Å². The molecule has 0 saturated carbocycles. The summed E-state index contributed by atoms with van der Waals surface area (Å²) in [5, 5.41) is 71.7. The van der Waals surface area contributed by atoms with Crippen molar-refractivity contribution < 1.29 is 45.6 Å². The molecule has 14 atom stereocenters. The lowest BCUT2D eigenvalue weighted by Crippen LogP contribution is -2.52. The molecule has 0 bridgehead atoms. The Kier molecular flexibility index (Phi) is 19.6. The molecule has 9 nitrogen and oxygen atoms in total. The number of hydrogen-bond acceptors (Lipinski definition) is 8. The van der Waals surface area contributed by atoms with Crippen LogP contribution in [0.1, 0.15) is 32.1 Å². The fourth-order valence-corrected chi connectivity index (χ4v) is 5.42. The van der Waals surface area contributed by atoms with E-state index in [0.717, 1.165) is 0 Å². The standard InChI is InChI=1S/C20H32Cl8O9/c21-6(11(24)13(26)19(28)35)2-1-3-8(29)15(31)17(33)18(34)16(32)9(30)5-4-7(22)10(23)12(25)14(27)20(36)37/h6-19,29-35H,1-5H2,(H,36,37). The Morgan fingerprint density at radius 1 is 0.514 bits per heavy atom. The number of aliphatic hydroxyl groups is 7. The molecule has 0 radical (unpaired) electrons. The van der Waals surface area contributed by atoms with Gasteiger partial charge in [0.05, 0.1) is 44.5 Å². The number of carboxylic acid groups (broad SMARTS) is 1. The van der Waals surface area contributed by atoms with E-state index in [1.54, 1.807) is 0 Å². The number of halogens is 8. The maximum absolute atomic E-state index is 10.9. The summed E-state index contributed by atoms with van der Waals surface area (Å²) in [7, 11) is 0. The van der Waals surface area contributed by atoms with Crippen LogP contribution in [0, 0.1) is 0 Å². The van der Waals surface area contributed by atoms with Crippen LogP contribution in [-0.4, -0.2) is 127 Å². The fourth-order valence-electron chi connectivity index (χ4n) is 3.22. The van der Waals surface area contributed by atoms with Crippen molar-refractivity contribution in [2.45, 2.75) is 112 Å². The van der Waals surface area contributed by atoms with Crippen molar-refractivity contribution in [3.8, 4) is 0 Å². The molecule has 17 heteroatoms. The average Bonchev–Trinajstić information content (AvgIpc) is 2.86. The number of carbonyl (C=O) groups is 1. The second kappa shape index (κ2) is 18.8. The number of aliphatic carboxylic acids is 1. The van der Waals surface area contributed by atoms with Crippen LogP contribution < -0.4 is 0 Å². The first-order valence-electron chi connectivity index (χ1n) is 11.1. The zero-order chi connectivity index (χ0) is 29.2. The topological polar surface area (TPSA) is 179 Å². The first kappa shape index (κ1) is 38.5. The second-order valence-corrected chi connectivity index (χ2v) is 12.6. The van der Waals surface area contributed by atoms with Gasteiger partial charge in [-0.3, -0.25) is 4.79 Å². The Hall–Kier alpha value is 1.51. The molecule has 0 aliphatic rings. The highest BCUT2D eigenvalue weighted by molar-refractivity contribution is 6.41. The molecule has 0 heterocycles. The zero-order valence-electron chi connectivity index (χ0n) is 19.1. The third-order valence-electron chi connectivity index (χ3n) is 5.63. The van der Waals surface area contributed by atoms with Crippen LogP contribution in [0.15, 0.2) is 0 Å². The number of rotatable bonds is 19. The molecule has 8 N–H and O–H groups in total. The first-order valence-corrected chi connectivity index (χ1v) is 14.6. The first-order chi connectivity index (χ1) is 16.9. The molecule has 0 rings (SSSR count). The molecule has 0 aromatic heterocycles. The zero-order valence-corrected chi connectivity index (χ0v) is 25.2. The van der Waals surface area contributed by atoms with Gasteiger partial charge in [0.25, 0.3) is 0 Å². The van der Waals surface area contributed by atoms with E-state index in [4.69, 9.17) is 97.9 Å². The van der Waals surface area contributed by atoms with E-state index >= 15 is 0 Å². The lowest BCUT2D eigenvalue weighted by atomic mass is 9.92. The third-order valence-corrected chi connectivity index (χ3v) is 10.3. The number of aliphatic hydroxyl groups excluding tert-OH is 7. The minimum Gasteiger partial charge on any atom is -0.480 e. The molecule has 0 aliphatic carbocycles. The normalized spacial score (nSPS) is 23.9. The van der Waals surface area contributed by atoms with Crippen LogP contribution in [0.2, 0.25) is 0 Å². The third kappa shape index (κ3) is 12.9. The number of alkyl halides is 8. The van der Waals surface area contributed by atoms with Crippen molar-refractivity contribution in [2.75, 3.05) is 0 Å². The Bertz CT molecular complexity index is 655. The molecule has 0 aromatic rings. The summed E-state index contributed by atoms with van der Waals surface area (Å²) in [6, 6.07) is 0. The van der Waals surface area contributed by atoms with Gasteiger partial charge in [-0.25, -0.2) is 0 Å². The minimum absolute atomic E-state index is 0.0839. The maximum atomic E-state index is 10.9. The molecular weight excluding hydrogens is 668 g/mol. The largest absolute Gasteiger partial charge is 0.480 e. The second-order valence-electron chi connectivity index (χ2n) is 8.53. The van der Waals surface area contributed by atoms with E-state index in [1.807, 2.05) is 0 Å². The van der Waals surface area contributed by atoms with Gasteiger partial charge in [0, 0.05) is 0 Å². The number of hydrogen-bond donors (Lipinski definition) is 8. The van der Waals surface area contributed by atoms with Gasteiger partial charge in [-0.15, -0.1) is 81.2 Å². The van der Waals surface area contributed by atoms with Gasteiger partial charge in [-0.1, -0.05) is 11.6 Å². The summed E-state index contributed by atoms with van der Waals surface area (Å²) >= 11 is 47.1. The van der Waals surface area contributed by atoms with Crippen molar-refractivity contribution in [1.82, 2.24) is 0 Å². The van der Waals surface area contributed by atoms with Gasteiger partial charge in [-0.2, -0.15) is 0 Å². The lowest BCUT2D eigenvalue weighted by molar-refractivity contribution is -0.154. The summed E-state index contributed by atoms with van der Waals surface area (Å²) in [6.07, 6.45) is -11.2. The van der Waals surface area contributed by atoms with Crippen LogP contribution in [0.4, 0.5) is 0 Å². The van der Waals surface area contributed by atoms with E-state index in [0.29, 0.717) is 0 Å². The maximum Gasteiger partial charge on any atom is 0.323 e. The molecule has 0 saturated heterocycles. The van der Waals surface area contributed by atoms with Gasteiger partial charge in [0.15, 0.2) is 0 Å². The van der Waals surface area contributed by atoms with Crippen molar-refractivity contribution in [3.63, 3.8) is 0 Å². The molecular formula is C20H32Cl8O9. The van der Waals surface area contributed by atoms with Gasteiger partial charge < -0.3 is 40.9 Å². The molecule has 222 valence electrons. The van der Waals surface area contributed by atoms with Gasteiger partial charge in [-0.05, 0) is 32.1 Å². The SMILES string of the molecule is O=C(O)C(Cl)C(Cl)C(Cl)C(Cl)CCC(O)C(O)C(O)C(O)C(O)C(O)CCCC(Cl)C(Cl)C(Cl)C(O)Cl. The Labute approximate surface area is 255 Å². The smallest absolute Gasteiger partial charge is 0.323 e. The Balaban J connectivity index is 4.72. The van der Waals surface area contributed by atoms with E-state index in [1.165, 1.54) is 0 Å². The quantitative estimate of drug-likeness (QED) is 0.0937. The highest BCUT2D eigenvalue weighted by Gasteiger charge is 2.39. The molecule has 0 fully saturated rings. The monoisotopic (exact) mass is 696 g/mol. The highest BCUT2D eigenvalue weighted by Crippen LogP contribution is 2.29. The molecule has 0 aliphatic heterocycles. The summed E-state index contributed by atoms with van der Waals surface area (Å²) < 4.78 is 0. The summed E-state index contributed by atoms with van der Waals surface area (Å²) in [6.45, 7) is 0. The summed E-state index contributed by atoms with van der Waals surface area (Å²) in [5.41, 5.74) is -1.42. The van der Waals surface area contributed by atoms with E-state index in [-0.39, 0.29) is 32.1 Å². The molecule has 0 amide bonds. The van der Waals surface area contributed by atoms with Crippen LogP contribution in [-0.2, 0) is 4.79 Å². The highest BCUT2D eigenvalue weighted by atomic mass is 35.5. The fraction of sp³-hybridized carbons (Fsp3) is 0.950. The minimum atomic E-state index is -2.06. The predicted molar refractivity (Wildman–Crippen MR) is 146 cm³/mol. The van der Waals surface area contributed by atoms with E-state index in [2.05, 4.69) is 0 Å². The summed E-state index contributed by atoms with van der Waals surface area (Å²) in [5.74, 6) is -1.40. The van der Waals surface area contributed by atoms with Crippen LogP contribution >= 0.6 is 92.8 Å². The van der Waals surface area contributed by atoms with Crippen molar-refractivity contribution in [1.29, 1.82) is 0 Å². The van der Waals surface area contributed by atoms with Gasteiger partial charge >= 0.3 is 5.97 Å².